The summed E-state index contributed by atoms with van der Waals surface area (Å²) < 4.78 is 36.2. The van der Waals surface area contributed by atoms with Gasteiger partial charge in [-0.05, 0) is 12.1 Å². The average molecular weight is 228 g/mol. The van der Waals surface area contributed by atoms with Gasteiger partial charge in [-0.2, -0.15) is 13.2 Å². The summed E-state index contributed by atoms with van der Waals surface area (Å²) in [6.45, 7) is 0.0178. The van der Waals surface area contributed by atoms with Crippen molar-refractivity contribution in [2.24, 2.45) is 5.73 Å². The van der Waals surface area contributed by atoms with Crippen LogP contribution < -0.4 is 5.73 Å². The van der Waals surface area contributed by atoms with Crippen molar-refractivity contribution in [2.45, 2.75) is 12.7 Å². The van der Waals surface area contributed by atoms with Crippen molar-refractivity contribution in [1.82, 2.24) is 0 Å². The highest BCUT2D eigenvalue weighted by molar-refractivity contribution is 5.85. The van der Waals surface area contributed by atoms with Gasteiger partial charge in [0.05, 0.1) is 5.56 Å². The lowest BCUT2D eigenvalue weighted by Gasteiger charge is -2.08. The van der Waals surface area contributed by atoms with E-state index in [-0.39, 0.29) is 19.0 Å². The highest BCUT2D eigenvalue weighted by Crippen LogP contribution is 2.32. The SMILES string of the molecule is Cl.NCc1ccc(C(F)(F)F)cc1O. The van der Waals surface area contributed by atoms with Gasteiger partial charge in [-0.25, -0.2) is 0 Å². The van der Waals surface area contributed by atoms with E-state index in [1.165, 1.54) is 0 Å². The molecule has 0 saturated heterocycles. The van der Waals surface area contributed by atoms with Gasteiger partial charge in [0.1, 0.15) is 5.75 Å². The third kappa shape index (κ3) is 2.78. The Bertz CT molecular complexity index is 314. The monoisotopic (exact) mass is 227 g/mol. The minimum absolute atomic E-state index is 0. The van der Waals surface area contributed by atoms with Crippen LogP contribution in [0.5, 0.6) is 5.75 Å². The van der Waals surface area contributed by atoms with Crippen LogP contribution in [0.2, 0.25) is 0 Å². The van der Waals surface area contributed by atoms with E-state index in [0.29, 0.717) is 11.6 Å². The van der Waals surface area contributed by atoms with Crippen LogP contribution >= 0.6 is 12.4 Å². The fourth-order valence-electron chi connectivity index (χ4n) is 0.913. The van der Waals surface area contributed by atoms with Crippen LogP contribution in [0.15, 0.2) is 18.2 Å². The minimum Gasteiger partial charge on any atom is -0.508 e. The molecule has 0 radical (unpaired) electrons. The molecule has 14 heavy (non-hydrogen) atoms. The predicted octanol–water partition coefficient (Wildman–Crippen LogP) is 2.29. The molecule has 0 aromatic heterocycles. The van der Waals surface area contributed by atoms with Gasteiger partial charge in [0, 0.05) is 12.1 Å². The molecule has 0 amide bonds. The molecule has 0 fully saturated rings. The first-order valence-corrected chi connectivity index (χ1v) is 3.54. The summed E-state index contributed by atoms with van der Waals surface area (Å²) in [6, 6.07) is 2.72. The number of halogens is 4. The van der Waals surface area contributed by atoms with E-state index < -0.39 is 17.5 Å². The molecule has 3 N–H and O–H groups in total. The van der Waals surface area contributed by atoms with Crippen LogP contribution in [0.25, 0.3) is 0 Å². The topological polar surface area (TPSA) is 46.2 Å². The molecular formula is C8H9ClF3NO. The molecular weight excluding hydrogens is 219 g/mol. The summed E-state index contributed by atoms with van der Waals surface area (Å²) in [5, 5.41) is 9.07. The zero-order valence-corrected chi connectivity index (χ0v) is 7.82. The van der Waals surface area contributed by atoms with Crippen molar-refractivity contribution >= 4 is 12.4 Å². The summed E-state index contributed by atoms with van der Waals surface area (Å²) in [4.78, 5) is 0. The van der Waals surface area contributed by atoms with Gasteiger partial charge in [-0.1, -0.05) is 6.07 Å². The van der Waals surface area contributed by atoms with Crippen molar-refractivity contribution in [1.29, 1.82) is 0 Å². The fourth-order valence-corrected chi connectivity index (χ4v) is 0.913. The maximum absolute atomic E-state index is 12.1. The van der Waals surface area contributed by atoms with Crippen LogP contribution in [0.4, 0.5) is 13.2 Å². The fraction of sp³-hybridized carbons (Fsp3) is 0.250. The summed E-state index contributed by atoms with van der Waals surface area (Å²) in [6.07, 6.45) is -4.43. The first-order chi connectivity index (χ1) is 5.95. The second kappa shape index (κ2) is 4.52. The van der Waals surface area contributed by atoms with E-state index in [4.69, 9.17) is 10.8 Å². The average Bonchev–Trinajstić information content (AvgIpc) is 2.02. The lowest BCUT2D eigenvalue weighted by molar-refractivity contribution is -0.137. The molecule has 2 nitrogen and oxygen atoms in total. The standard InChI is InChI=1S/C8H8F3NO.ClH/c9-8(10,11)6-2-1-5(4-12)7(13)3-6;/h1-3,13H,4,12H2;1H. The molecule has 0 aliphatic carbocycles. The molecule has 0 heterocycles. The van der Waals surface area contributed by atoms with E-state index in [2.05, 4.69) is 0 Å². The van der Waals surface area contributed by atoms with Crippen molar-refractivity contribution in [3.63, 3.8) is 0 Å². The zero-order chi connectivity index (χ0) is 10.1. The molecule has 1 aromatic carbocycles. The van der Waals surface area contributed by atoms with E-state index >= 15 is 0 Å². The number of rotatable bonds is 1. The molecule has 0 aliphatic rings. The van der Waals surface area contributed by atoms with Crippen molar-refractivity contribution < 1.29 is 18.3 Å². The Kier molecular flexibility index (Phi) is 4.22. The highest BCUT2D eigenvalue weighted by atomic mass is 35.5. The molecule has 0 bridgehead atoms. The van der Waals surface area contributed by atoms with Crippen LogP contribution in [-0.2, 0) is 12.7 Å². The van der Waals surface area contributed by atoms with Gasteiger partial charge in [-0.3, -0.25) is 0 Å². The van der Waals surface area contributed by atoms with Crippen LogP contribution in [0.3, 0.4) is 0 Å². The van der Waals surface area contributed by atoms with Gasteiger partial charge in [0.2, 0.25) is 0 Å². The number of hydrogen-bond donors (Lipinski definition) is 2. The first-order valence-electron chi connectivity index (χ1n) is 3.54. The van der Waals surface area contributed by atoms with Crippen LogP contribution in [-0.4, -0.2) is 5.11 Å². The van der Waals surface area contributed by atoms with Crippen LogP contribution in [0.1, 0.15) is 11.1 Å². The second-order valence-corrected chi connectivity index (χ2v) is 2.55. The van der Waals surface area contributed by atoms with Gasteiger partial charge < -0.3 is 10.8 Å². The number of phenolic OH excluding ortho intramolecular Hbond substituents is 1. The van der Waals surface area contributed by atoms with Gasteiger partial charge >= 0.3 is 6.18 Å². The molecule has 0 saturated carbocycles. The lowest BCUT2D eigenvalue weighted by Crippen LogP contribution is -2.05. The first kappa shape index (κ1) is 13.1. The van der Waals surface area contributed by atoms with Gasteiger partial charge in [-0.15, -0.1) is 12.4 Å². The Balaban J connectivity index is 0.00000169. The second-order valence-electron chi connectivity index (χ2n) is 2.55. The lowest BCUT2D eigenvalue weighted by atomic mass is 10.1. The molecule has 0 aliphatic heterocycles. The number of hydrogen-bond acceptors (Lipinski definition) is 2. The summed E-state index contributed by atoms with van der Waals surface area (Å²) in [5.74, 6) is -0.419. The number of nitrogens with two attached hydrogens (primary N) is 1. The van der Waals surface area contributed by atoms with Gasteiger partial charge in [0.15, 0.2) is 0 Å². The smallest absolute Gasteiger partial charge is 0.416 e. The maximum Gasteiger partial charge on any atom is 0.416 e. The minimum atomic E-state index is -4.43. The van der Waals surface area contributed by atoms with E-state index in [1.54, 1.807) is 0 Å². The Morgan fingerprint density at radius 1 is 1.29 bits per heavy atom. The molecule has 0 spiro atoms. The quantitative estimate of drug-likeness (QED) is 0.773. The molecule has 1 rings (SSSR count). The van der Waals surface area contributed by atoms with E-state index in [9.17, 15) is 13.2 Å². The summed E-state index contributed by atoms with van der Waals surface area (Å²) in [5.41, 5.74) is 4.59. The predicted molar refractivity (Wildman–Crippen MR) is 48.2 cm³/mol. The highest BCUT2D eigenvalue weighted by Gasteiger charge is 2.30. The van der Waals surface area contributed by atoms with Crippen molar-refractivity contribution in [2.75, 3.05) is 0 Å². The van der Waals surface area contributed by atoms with Crippen molar-refractivity contribution in [3.05, 3.63) is 29.3 Å². The molecule has 6 heteroatoms. The zero-order valence-electron chi connectivity index (χ0n) is 7.01. The largest absolute Gasteiger partial charge is 0.508 e. The molecule has 0 unspecified atom stereocenters. The normalized spacial score (nSPS) is 10.9. The summed E-state index contributed by atoms with van der Waals surface area (Å²) >= 11 is 0. The number of phenols is 1. The Morgan fingerprint density at radius 3 is 2.21 bits per heavy atom. The van der Waals surface area contributed by atoms with Gasteiger partial charge in [0.25, 0.3) is 0 Å². The Labute approximate surface area is 84.9 Å². The van der Waals surface area contributed by atoms with E-state index in [1.807, 2.05) is 0 Å². The van der Waals surface area contributed by atoms with Crippen LogP contribution in [0, 0.1) is 0 Å². The molecule has 1 aromatic rings. The number of aromatic hydroxyl groups is 1. The third-order valence-electron chi connectivity index (χ3n) is 1.63. The molecule has 80 valence electrons. The number of alkyl halides is 3. The maximum atomic E-state index is 12.1. The summed E-state index contributed by atoms with van der Waals surface area (Å²) in [7, 11) is 0. The van der Waals surface area contributed by atoms with E-state index in [0.717, 1.165) is 12.1 Å². The Hall–Kier alpha value is -0.940. The third-order valence-corrected chi connectivity index (χ3v) is 1.63. The van der Waals surface area contributed by atoms with Crippen molar-refractivity contribution in [3.8, 4) is 5.75 Å². The Morgan fingerprint density at radius 2 is 1.86 bits per heavy atom. The number of benzene rings is 1. The molecule has 0 atom stereocenters.